The van der Waals surface area contributed by atoms with E-state index in [0.29, 0.717) is 19.5 Å². The van der Waals surface area contributed by atoms with Gasteiger partial charge >= 0.3 is 12.1 Å². The predicted octanol–water partition coefficient (Wildman–Crippen LogP) is 2.33. The van der Waals surface area contributed by atoms with Crippen molar-refractivity contribution in [3.63, 3.8) is 0 Å². The molecule has 1 amide bonds. The first-order valence-corrected chi connectivity index (χ1v) is 6.59. The Morgan fingerprint density at radius 3 is 2.65 bits per heavy atom. The molecule has 1 aromatic carbocycles. The monoisotopic (exact) mass is 286 g/mol. The molecule has 1 aromatic rings. The summed E-state index contributed by atoms with van der Waals surface area (Å²) < 4.78 is 36.7. The first kappa shape index (κ1) is 14.8. The van der Waals surface area contributed by atoms with E-state index in [9.17, 15) is 18.0 Å². The molecule has 0 bridgehead atoms. The van der Waals surface area contributed by atoms with E-state index < -0.39 is 18.1 Å². The van der Waals surface area contributed by atoms with Gasteiger partial charge in [0.25, 0.3) is 0 Å². The fourth-order valence-corrected chi connectivity index (χ4v) is 2.43. The third-order valence-corrected chi connectivity index (χ3v) is 3.35. The van der Waals surface area contributed by atoms with Crippen LogP contribution in [0.15, 0.2) is 30.3 Å². The van der Waals surface area contributed by atoms with Crippen LogP contribution in [0, 0.1) is 0 Å². The molecular formula is C14H17F3N2O. The van der Waals surface area contributed by atoms with Gasteiger partial charge in [-0.3, -0.25) is 9.69 Å². The van der Waals surface area contributed by atoms with E-state index in [1.165, 1.54) is 0 Å². The minimum atomic E-state index is -4.80. The third kappa shape index (κ3) is 4.23. The van der Waals surface area contributed by atoms with Gasteiger partial charge in [0.15, 0.2) is 0 Å². The number of carbonyl (C=O) groups excluding carboxylic acids is 1. The molecule has 1 N–H and O–H groups in total. The molecular weight excluding hydrogens is 269 g/mol. The van der Waals surface area contributed by atoms with Crippen LogP contribution >= 0.6 is 0 Å². The zero-order valence-corrected chi connectivity index (χ0v) is 11.0. The van der Waals surface area contributed by atoms with Crippen LogP contribution in [-0.4, -0.2) is 36.1 Å². The highest BCUT2D eigenvalue weighted by Crippen LogP contribution is 2.18. The second-order valence-corrected chi connectivity index (χ2v) is 5.03. The van der Waals surface area contributed by atoms with Gasteiger partial charge in [-0.1, -0.05) is 30.3 Å². The first-order chi connectivity index (χ1) is 9.45. The van der Waals surface area contributed by atoms with E-state index in [2.05, 4.69) is 10.2 Å². The second kappa shape index (κ2) is 6.26. The number of rotatable bonds is 3. The number of benzene rings is 1. The lowest BCUT2D eigenvalue weighted by Gasteiger charge is -2.33. The quantitative estimate of drug-likeness (QED) is 0.925. The lowest BCUT2D eigenvalue weighted by molar-refractivity contribution is -0.174. The van der Waals surface area contributed by atoms with Gasteiger partial charge in [0, 0.05) is 19.1 Å². The Bertz CT molecular complexity index is 447. The summed E-state index contributed by atoms with van der Waals surface area (Å²) in [6, 6.07) is 9.33. The van der Waals surface area contributed by atoms with Gasteiger partial charge in [-0.2, -0.15) is 13.2 Å². The maximum absolute atomic E-state index is 12.2. The zero-order valence-electron chi connectivity index (χ0n) is 11.0. The molecule has 0 radical (unpaired) electrons. The molecule has 0 spiro atoms. The predicted molar refractivity (Wildman–Crippen MR) is 68.9 cm³/mol. The molecule has 110 valence electrons. The van der Waals surface area contributed by atoms with Gasteiger partial charge in [-0.25, -0.2) is 0 Å². The Kier molecular flexibility index (Phi) is 4.65. The zero-order chi connectivity index (χ0) is 14.6. The van der Waals surface area contributed by atoms with Crippen molar-refractivity contribution in [1.82, 2.24) is 10.2 Å². The SMILES string of the molecule is O=C(N[C@@H]1CCCN(Cc2ccccc2)C1)C(F)(F)F. The molecule has 2 rings (SSSR count). The molecule has 0 aliphatic carbocycles. The summed E-state index contributed by atoms with van der Waals surface area (Å²) >= 11 is 0. The highest BCUT2D eigenvalue weighted by molar-refractivity contribution is 5.81. The summed E-state index contributed by atoms with van der Waals surface area (Å²) in [4.78, 5) is 13.0. The van der Waals surface area contributed by atoms with Gasteiger partial charge in [-0.15, -0.1) is 0 Å². The first-order valence-electron chi connectivity index (χ1n) is 6.59. The number of alkyl halides is 3. The Balaban J connectivity index is 1.87. The average molecular weight is 286 g/mol. The van der Waals surface area contributed by atoms with Crippen molar-refractivity contribution in [2.45, 2.75) is 31.6 Å². The molecule has 0 saturated carbocycles. The normalized spacial score (nSPS) is 20.6. The largest absolute Gasteiger partial charge is 0.471 e. The summed E-state index contributed by atoms with van der Waals surface area (Å²) in [5.41, 5.74) is 1.12. The minimum absolute atomic E-state index is 0.429. The topological polar surface area (TPSA) is 32.3 Å². The van der Waals surface area contributed by atoms with Crippen molar-refractivity contribution in [2.24, 2.45) is 0 Å². The highest BCUT2D eigenvalue weighted by Gasteiger charge is 2.40. The van der Waals surface area contributed by atoms with Crippen molar-refractivity contribution in [2.75, 3.05) is 13.1 Å². The summed E-state index contributed by atoms with van der Waals surface area (Å²) in [6.45, 7) is 1.99. The van der Waals surface area contributed by atoms with Gasteiger partial charge in [0.1, 0.15) is 0 Å². The van der Waals surface area contributed by atoms with Crippen molar-refractivity contribution in [3.8, 4) is 0 Å². The average Bonchev–Trinajstić information content (AvgIpc) is 2.39. The summed E-state index contributed by atoms with van der Waals surface area (Å²) in [5.74, 6) is -1.84. The van der Waals surface area contributed by atoms with Gasteiger partial charge in [0.05, 0.1) is 0 Å². The van der Waals surface area contributed by atoms with E-state index in [4.69, 9.17) is 0 Å². The number of likely N-dealkylation sites (tertiary alicyclic amines) is 1. The van der Waals surface area contributed by atoms with Crippen molar-refractivity contribution >= 4 is 5.91 Å². The van der Waals surface area contributed by atoms with Crippen molar-refractivity contribution < 1.29 is 18.0 Å². The molecule has 0 unspecified atom stereocenters. The molecule has 6 heteroatoms. The van der Waals surface area contributed by atoms with Crippen LogP contribution in [0.5, 0.6) is 0 Å². The molecule has 1 fully saturated rings. The van der Waals surface area contributed by atoms with E-state index >= 15 is 0 Å². The number of hydrogen-bond acceptors (Lipinski definition) is 2. The van der Waals surface area contributed by atoms with Gasteiger partial charge in [0.2, 0.25) is 0 Å². The van der Waals surface area contributed by atoms with Crippen molar-refractivity contribution in [1.29, 1.82) is 0 Å². The summed E-state index contributed by atoms with van der Waals surface area (Å²) in [5, 5.41) is 2.07. The van der Waals surface area contributed by atoms with Crippen LogP contribution in [-0.2, 0) is 11.3 Å². The van der Waals surface area contributed by atoms with Crippen LogP contribution in [0.2, 0.25) is 0 Å². The molecule has 1 aliphatic heterocycles. The van der Waals surface area contributed by atoms with Crippen LogP contribution in [0.4, 0.5) is 13.2 Å². The lowest BCUT2D eigenvalue weighted by atomic mass is 10.0. The van der Waals surface area contributed by atoms with Gasteiger partial charge < -0.3 is 5.32 Å². The number of piperidine rings is 1. The smallest absolute Gasteiger partial charge is 0.344 e. The molecule has 3 nitrogen and oxygen atoms in total. The molecule has 1 heterocycles. The Hall–Kier alpha value is -1.56. The maximum Gasteiger partial charge on any atom is 0.471 e. The van der Waals surface area contributed by atoms with E-state index in [-0.39, 0.29) is 0 Å². The second-order valence-electron chi connectivity index (χ2n) is 5.03. The fraction of sp³-hybridized carbons (Fsp3) is 0.500. The van der Waals surface area contributed by atoms with E-state index in [1.807, 2.05) is 30.3 Å². The third-order valence-electron chi connectivity index (χ3n) is 3.35. The van der Waals surface area contributed by atoms with Crippen LogP contribution < -0.4 is 5.32 Å². The lowest BCUT2D eigenvalue weighted by Crippen LogP contribution is -2.50. The van der Waals surface area contributed by atoms with Crippen molar-refractivity contribution in [3.05, 3.63) is 35.9 Å². The molecule has 1 aliphatic rings. The number of carbonyl (C=O) groups is 1. The van der Waals surface area contributed by atoms with E-state index in [0.717, 1.165) is 18.5 Å². The number of nitrogens with one attached hydrogen (secondary N) is 1. The number of halogens is 3. The Labute approximate surface area is 115 Å². The van der Waals surface area contributed by atoms with Crippen LogP contribution in [0.3, 0.4) is 0 Å². The van der Waals surface area contributed by atoms with Crippen LogP contribution in [0.25, 0.3) is 0 Å². The summed E-state index contributed by atoms with van der Waals surface area (Å²) in [7, 11) is 0. The number of amides is 1. The highest BCUT2D eigenvalue weighted by atomic mass is 19.4. The van der Waals surface area contributed by atoms with Crippen LogP contribution in [0.1, 0.15) is 18.4 Å². The fourth-order valence-electron chi connectivity index (χ4n) is 2.43. The molecule has 1 saturated heterocycles. The minimum Gasteiger partial charge on any atom is -0.344 e. The molecule has 20 heavy (non-hydrogen) atoms. The Morgan fingerprint density at radius 1 is 1.30 bits per heavy atom. The van der Waals surface area contributed by atoms with Gasteiger partial charge in [-0.05, 0) is 24.9 Å². The number of nitrogens with zero attached hydrogens (tertiary/aromatic N) is 1. The summed E-state index contributed by atoms with van der Waals surface area (Å²) in [6.07, 6.45) is -3.43. The molecule has 1 atom stereocenters. The standard InChI is InChI=1S/C14H17F3N2O/c15-14(16,17)13(20)18-12-7-4-8-19(10-12)9-11-5-2-1-3-6-11/h1-3,5-6,12H,4,7-10H2,(H,18,20)/t12-/m1/s1. The van der Waals surface area contributed by atoms with E-state index in [1.54, 1.807) is 0 Å². The number of hydrogen-bond donors (Lipinski definition) is 1. The maximum atomic E-state index is 12.2. The Morgan fingerprint density at radius 2 is 2.00 bits per heavy atom. The molecule has 0 aromatic heterocycles.